The molecule has 2 aromatic heterocycles. The SMILES string of the molecule is O=c1cc(OS(=O)(=O)C(F)(F)F)nc2cnccn12. The third-order valence-electron chi connectivity index (χ3n) is 1.93. The molecule has 0 N–H and O–H groups in total. The summed E-state index contributed by atoms with van der Waals surface area (Å²) in [6.45, 7) is 0. The lowest BCUT2D eigenvalue weighted by Crippen LogP contribution is -2.29. The number of alkyl halides is 3. The average Bonchev–Trinajstić information content (AvgIpc) is 2.27. The van der Waals surface area contributed by atoms with Crippen molar-refractivity contribution in [3.05, 3.63) is 35.0 Å². The number of rotatable bonds is 2. The Balaban J connectivity index is 2.52. The van der Waals surface area contributed by atoms with Crippen molar-refractivity contribution in [2.24, 2.45) is 0 Å². The van der Waals surface area contributed by atoms with Gasteiger partial charge in [0.15, 0.2) is 5.65 Å². The monoisotopic (exact) mass is 295 g/mol. The summed E-state index contributed by atoms with van der Waals surface area (Å²) in [7, 11) is -5.87. The summed E-state index contributed by atoms with van der Waals surface area (Å²) in [6, 6.07) is 0.524. The molecule has 0 fully saturated rings. The zero-order valence-corrected chi connectivity index (χ0v) is 9.64. The fraction of sp³-hybridized carbons (Fsp3) is 0.125. The molecule has 0 saturated carbocycles. The van der Waals surface area contributed by atoms with Gasteiger partial charge in [0.2, 0.25) is 5.88 Å². The molecule has 0 atom stereocenters. The van der Waals surface area contributed by atoms with Gasteiger partial charge in [-0.2, -0.15) is 26.6 Å². The molecule has 0 unspecified atom stereocenters. The van der Waals surface area contributed by atoms with Gasteiger partial charge in [-0.15, -0.1) is 0 Å². The predicted molar refractivity (Wildman–Crippen MR) is 54.9 cm³/mol. The van der Waals surface area contributed by atoms with Crippen molar-refractivity contribution in [1.82, 2.24) is 14.4 Å². The van der Waals surface area contributed by atoms with Gasteiger partial charge in [-0.05, 0) is 0 Å². The zero-order valence-electron chi connectivity index (χ0n) is 8.83. The lowest BCUT2D eigenvalue weighted by molar-refractivity contribution is -0.0501. The molecule has 0 aliphatic rings. The van der Waals surface area contributed by atoms with E-state index in [2.05, 4.69) is 14.2 Å². The Hall–Kier alpha value is -2.17. The van der Waals surface area contributed by atoms with E-state index in [4.69, 9.17) is 0 Å². The molecule has 0 bridgehead atoms. The summed E-state index contributed by atoms with van der Waals surface area (Å²) in [6.07, 6.45) is 3.53. The van der Waals surface area contributed by atoms with Gasteiger partial charge in [0.25, 0.3) is 5.56 Å². The minimum absolute atomic E-state index is 0.151. The summed E-state index contributed by atoms with van der Waals surface area (Å²) < 4.78 is 62.5. The van der Waals surface area contributed by atoms with Crippen molar-refractivity contribution in [1.29, 1.82) is 0 Å². The highest BCUT2D eigenvalue weighted by molar-refractivity contribution is 7.87. The van der Waals surface area contributed by atoms with Crippen molar-refractivity contribution in [2.75, 3.05) is 0 Å². The maximum Gasteiger partial charge on any atom is 0.534 e. The van der Waals surface area contributed by atoms with E-state index in [1.807, 2.05) is 0 Å². The van der Waals surface area contributed by atoms with E-state index >= 15 is 0 Å². The molecule has 0 aliphatic heterocycles. The lowest BCUT2D eigenvalue weighted by atomic mass is 10.5. The van der Waals surface area contributed by atoms with Crippen molar-refractivity contribution < 1.29 is 25.8 Å². The first kappa shape index (κ1) is 13.3. The fourth-order valence-electron chi connectivity index (χ4n) is 1.15. The Morgan fingerprint density at radius 3 is 2.63 bits per heavy atom. The van der Waals surface area contributed by atoms with E-state index in [-0.39, 0.29) is 5.65 Å². The first-order valence-corrected chi connectivity index (χ1v) is 5.96. The van der Waals surface area contributed by atoms with Crippen LogP contribution in [0.1, 0.15) is 0 Å². The van der Waals surface area contributed by atoms with E-state index in [0.29, 0.717) is 6.07 Å². The second-order valence-electron chi connectivity index (χ2n) is 3.22. The van der Waals surface area contributed by atoms with Crippen LogP contribution in [0.25, 0.3) is 5.65 Å². The molecule has 0 aliphatic carbocycles. The normalized spacial score (nSPS) is 12.6. The third kappa shape index (κ3) is 2.50. The quantitative estimate of drug-likeness (QED) is 0.585. The molecule has 0 radical (unpaired) electrons. The second-order valence-corrected chi connectivity index (χ2v) is 4.76. The summed E-state index contributed by atoms with van der Waals surface area (Å²) in [5.74, 6) is -0.977. The third-order valence-corrected chi connectivity index (χ3v) is 2.88. The number of fused-ring (bicyclic) bond motifs is 1. The Kier molecular flexibility index (Phi) is 2.92. The first-order valence-electron chi connectivity index (χ1n) is 4.55. The van der Waals surface area contributed by atoms with Gasteiger partial charge in [-0.1, -0.05) is 0 Å². The minimum Gasteiger partial charge on any atom is -0.355 e. The molecule has 11 heteroatoms. The van der Waals surface area contributed by atoms with Gasteiger partial charge >= 0.3 is 15.6 Å². The van der Waals surface area contributed by atoms with E-state index in [9.17, 15) is 26.4 Å². The molecule has 2 rings (SSSR count). The summed E-state index contributed by atoms with van der Waals surface area (Å²) >= 11 is 0. The van der Waals surface area contributed by atoms with Crippen molar-refractivity contribution in [3.8, 4) is 5.88 Å². The van der Waals surface area contributed by atoms with Gasteiger partial charge in [0.1, 0.15) is 0 Å². The Bertz CT molecular complexity index is 784. The van der Waals surface area contributed by atoms with Crippen LogP contribution in [0, 0.1) is 0 Å². The van der Waals surface area contributed by atoms with Crippen LogP contribution < -0.4 is 9.74 Å². The molecular formula is C8H4F3N3O4S. The van der Waals surface area contributed by atoms with Crippen molar-refractivity contribution >= 4 is 15.8 Å². The van der Waals surface area contributed by atoms with Gasteiger partial charge in [-0.3, -0.25) is 14.2 Å². The molecule has 19 heavy (non-hydrogen) atoms. The van der Waals surface area contributed by atoms with E-state index in [1.165, 1.54) is 12.4 Å². The zero-order chi connectivity index (χ0) is 14.3. The second kappa shape index (κ2) is 4.19. The van der Waals surface area contributed by atoms with Crippen LogP contribution in [0.2, 0.25) is 0 Å². The van der Waals surface area contributed by atoms with Gasteiger partial charge in [0, 0.05) is 12.4 Å². The van der Waals surface area contributed by atoms with Gasteiger partial charge in [-0.25, -0.2) is 0 Å². The molecule has 0 amide bonds. The fourth-order valence-corrected chi connectivity index (χ4v) is 1.55. The minimum atomic E-state index is -5.87. The van der Waals surface area contributed by atoms with E-state index in [1.54, 1.807) is 0 Å². The Morgan fingerprint density at radius 1 is 1.32 bits per heavy atom. The summed E-state index contributed by atoms with van der Waals surface area (Å²) in [4.78, 5) is 18.5. The lowest BCUT2D eigenvalue weighted by Gasteiger charge is -2.08. The van der Waals surface area contributed by atoms with E-state index in [0.717, 1.165) is 10.6 Å². The summed E-state index contributed by atoms with van der Waals surface area (Å²) in [5, 5.41) is 0. The molecule has 0 spiro atoms. The van der Waals surface area contributed by atoms with Crippen LogP contribution in [0.4, 0.5) is 13.2 Å². The van der Waals surface area contributed by atoms with Gasteiger partial charge in [0.05, 0.1) is 12.3 Å². The van der Waals surface area contributed by atoms with Crippen LogP contribution >= 0.6 is 0 Å². The average molecular weight is 295 g/mol. The highest BCUT2D eigenvalue weighted by atomic mass is 32.2. The van der Waals surface area contributed by atoms with Crippen LogP contribution in [0.5, 0.6) is 5.88 Å². The maximum atomic E-state index is 12.1. The molecule has 102 valence electrons. The molecule has 7 nitrogen and oxygen atoms in total. The van der Waals surface area contributed by atoms with Crippen LogP contribution in [-0.2, 0) is 10.1 Å². The molecule has 0 aromatic carbocycles. The van der Waals surface area contributed by atoms with Crippen LogP contribution in [0.3, 0.4) is 0 Å². The topological polar surface area (TPSA) is 90.6 Å². The Labute approximate surface area is 103 Å². The Morgan fingerprint density at radius 2 is 2.00 bits per heavy atom. The number of halogens is 3. The van der Waals surface area contributed by atoms with Crippen molar-refractivity contribution in [3.63, 3.8) is 0 Å². The first-order chi connectivity index (χ1) is 8.71. The molecule has 2 aromatic rings. The number of aromatic nitrogens is 3. The highest BCUT2D eigenvalue weighted by Crippen LogP contribution is 2.25. The van der Waals surface area contributed by atoms with Crippen molar-refractivity contribution in [2.45, 2.75) is 5.51 Å². The van der Waals surface area contributed by atoms with E-state index < -0.39 is 27.1 Å². The maximum absolute atomic E-state index is 12.1. The van der Waals surface area contributed by atoms with Crippen LogP contribution in [-0.4, -0.2) is 28.3 Å². The smallest absolute Gasteiger partial charge is 0.355 e. The predicted octanol–water partition coefficient (Wildman–Crippen LogP) is 0.318. The molecular weight excluding hydrogens is 291 g/mol. The van der Waals surface area contributed by atoms with Gasteiger partial charge < -0.3 is 4.18 Å². The number of nitrogens with zero attached hydrogens (tertiary/aromatic N) is 3. The highest BCUT2D eigenvalue weighted by Gasteiger charge is 2.48. The molecule has 2 heterocycles. The standard InChI is InChI=1S/C8H4F3N3O4S/c9-8(10,11)19(16,17)18-6-3-7(15)14-2-1-12-4-5(14)13-6/h1-4H. The number of hydrogen-bond acceptors (Lipinski definition) is 6. The van der Waals surface area contributed by atoms with Crippen LogP contribution in [0.15, 0.2) is 29.5 Å². The largest absolute Gasteiger partial charge is 0.534 e. The molecule has 0 saturated heterocycles. The number of hydrogen-bond donors (Lipinski definition) is 0. The summed E-state index contributed by atoms with van der Waals surface area (Å²) in [5.41, 5.74) is -6.56.